The Bertz CT molecular complexity index is 138. The van der Waals surface area contributed by atoms with Crippen LogP contribution in [0.2, 0.25) is 0 Å². The second-order valence-electron chi connectivity index (χ2n) is 2.52. The molecule has 0 aromatic heterocycles. The molecular formula is C6H15CoO3P. The van der Waals surface area contributed by atoms with Crippen molar-refractivity contribution in [2.45, 2.75) is 33.3 Å². The van der Waals surface area contributed by atoms with Crippen molar-refractivity contribution in [3.8, 4) is 0 Å². The molecule has 0 spiro atoms. The summed E-state index contributed by atoms with van der Waals surface area (Å²) in [5.74, 6) is 0. The van der Waals surface area contributed by atoms with Gasteiger partial charge in [0.2, 0.25) is 0 Å². The van der Waals surface area contributed by atoms with Crippen LogP contribution in [-0.4, -0.2) is 17.2 Å². The molecule has 0 aromatic rings. The quantitative estimate of drug-likeness (QED) is 0.744. The van der Waals surface area contributed by atoms with Gasteiger partial charge in [0.05, 0.1) is 6.10 Å². The molecule has 5 heteroatoms. The summed E-state index contributed by atoms with van der Waals surface area (Å²) in [6.07, 6.45) is 0.772. The molecule has 0 bridgehead atoms. The predicted molar refractivity (Wildman–Crippen MR) is 41.2 cm³/mol. The fourth-order valence-electron chi connectivity index (χ4n) is 0.665. The molecule has 1 unspecified atom stereocenters. The predicted octanol–water partition coefficient (Wildman–Crippen LogP) is 2.00. The largest absolute Gasteiger partial charge is 0.328 e. The van der Waals surface area contributed by atoms with Crippen LogP contribution >= 0.6 is 7.60 Å². The fourth-order valence-corrected chi connectivity index (χ4v) is 1.99. The van der Waals surface area contributed by atoms with Gasteiger partial charge in [-0.05, 0) is 20.3 Å². The van der Waals surface area contributed by atoms with E-state index in [1.54, 1.807) is 13.8 Å². The zero-order chi connectivity index (χ0) is 8.20. The topological polar surface area (TPSA) is 46.5 Å². The molecule has 0 saturated carbocycles. The summed E-state index contributed by atoms with van der Waals surface area (Å²) in [6, 6.07) is 0. The first-order valence-electron chi connectivity index (χ1n) is 3.48. The Kier molecular flexibility index (Phi) is 8.01. The fraction of sp³-hybridized carbons (Fsp3) is 1.00. The van der Waals surface area contributed by atoms with Crippen LogP contribution in [0.1, 0.15) is 27.2 Å². The smallest absolute Gasteiger partial charge is 0.324 e. The molecule has 0 aliphatic heterocycles. The molecule has 1 radical (unpaired) electrons. The molecule has 0 aromatic carbocycles. The first-order valence-corrected chi connectivity index (χ1v) is 5.24. The second-order valence-corrected chi connectivity index (χ2v) is 4.45. The molecule has 1 N–H and O–H groups in total. The Morgan fingerprint density at radius 2 is 2.00 bits per heavy atom. The van der Waals surface area contributed by atoms with Crippen molar-refractivity contribution >= 4 is 7.60 Å². The van der Waals surface area contributed by atoms with Crippen molar-refractivity contribution < 1.29 is 30.8 Å². The average molecular weight is 225 g/mol. The number of hydrogen-bond donors (Lipinski definition) is 1. The van der Waals surface area contributed by atoms with Crippen LogP contribution in [0.4, 0.5) is 0 Å². The maximum absolute atomic E-state index is 11.0. The van der Waals surface area contributed by atoms with E-state index in [-0.39, 0.29) is 29.0 Å². The summed E-state index contributed by atoms with van der Waals surface area (Å²) in [5, 5.41) is 0. The van der Waals surface area contributed by atoms with Gasteiger partial charge in [-0.2, -0.15) is 0 Å². The molecule has 0 aliphatic carbocycles. The maximum Gasteiger partial charge on any atom is 0.328 e. The number of hydrogen-bond acceptors (Lipinski definition) is 2. The van der Waals surface area contributed by atoms with E-state index >= 15 is 0 Å². The first-order chi connectivity index (χ1) is 4.48. The molecule has 0 heterocycles. The van der Waals surface area contributed by atoms with Crippen molar-refractivity contribution in [3.63, 3.8) is 0 Å². The summed E-state index contributed by atoms with van der Waals surface area (Å²) in [6.45, 7) is 5.35. The van der Waals surface area contributed by atoms with Crippen molar-refractivity contribution in [1.82, 2.24) is 0 Å². The van der Waals surface area contributed by atoms with Gasteiger partial charge in [-0.15, -0.1) is 0 Å². The van der Waals surface area contributed by atoms with Crippen LogP contribution in [0.5, 0.6) is 0 Å². The van der Waals surface area contributed by atoms with Gasteiger partial charge in [0.1, 0.15) is 0 Å². The SMILES string of the molecule is CCCP(=O)(O)OC(C)C.[Co]. The summed E-state index contributed by atoms with van der Waals surface area (Å²) < 4.78 is 15.7. The van der Waals surface area contributed by atoms with Crippen LogP contribution in [0.25, 0.3) is 0 Å². The monoisotopic (exact) mass is 225 g/mol. The Morgan fingerprint density at radius 1 is 1.55 bits per heavy atom. The minimum atomic E-state index is -3.25. The van der Waals surface area contributed by atoms with Crippen molar-refractivity contribution in [3.05, 3.63) is 0 Å². The molecule has 0 aliphatic rings. The maximum atomic E-state index is 11.0. The second kappa shape index (κ2) is 6.20. The van der Waals surface area contributed by atoms with E-state index in [4.69, 9.17) is 9.42 Å². The van der Waals surface area contributed by atoms with E-state index < -0.39 is 7.60 Å². The number of rotatable bonds is 4. The minimum absolute atomic E-state index is 0. The van der Waals surface area contributed by atoms with Crippen LogP contribution in [0, 0.1) is 0 Å². The first kappa shape index (κ1) is 14.2. The summed E-state index contributed by atoms with van der Waals surface area (Å²) in [5.41, 5.74) is 0. The van der Waals surface area contributed by atoms with Crippen molar-refractivity contribution in [1.29, 1.82) is 0 Å². The average Bonchev–Trinajstić information content (AvgIpc) is 1.59. The third-order valence-corrected chi connectivity index (χ3v) is 2.65. The third kappa shape index (κ3) is 8.56. The molecule has 0 amide bonds. The molecule has 0 fully saturated rings. The summed E-state index contributed by atoms with van der Waals surface area (Å²) in [4.78, 5) is 9.02. The normalized spacial score (nSPS) is 15.7. The van der Waals surface area contributed by atoms with Gasteiger partial charge >= 0.3 is 7.60 Å². The Morgan fingerprint density at radius 3 is 2.27 bits per heavy atom. The van der Waals surface area contributed by atoms with Gasteiger partial charge in [-0.25, -0.2) is 0 Å². The van der Waals surface area contributed by atoms with E-state index in [2.05, 4.69) is 0 Å². The Labute approximate surface area is 78.3 Å². The van der Waals surface area contributed by atoms with Gasteiger partial charge in [-0.1, -0.05) is 6.92 Å². The van der Waals surface area contributed by atoms with E-state index in [9.17, 15) is 4.57 Å². The molecule has 11 heavy (non-hydrogen) atoms. The van der Waals surface area contributed by atoms with Crippen molar-refractivity contribution in [2.24, 2.45) is 0 Å². The van der Waals surface area contributed by atoms with Crippen LogP contribution < -0.4 is 0 Å². The van der Waals surface area contributed by atoms with Gasteiger partial charge in [0.25, 0.3) is 0 Å². The van der Waals surface area contributed by atoms with E-state index in [0.717, 1.165) is 0 Å². The van der Waals surface area contributed by atoms with E-state index in [0.29, 0.717) is 6.42 Å². The molecule has 0 saturated heterocycles. The van der Waals surface area contributed by atoms with E-state index in [1.165, 1.54) is 0 Å². The molecule has 0 rings (SSSR count). The molecule has 1 atom stereocenters. The van der Waals surface area contributed by atoms with Crippen LogP contribution in [0.3, 0.4) is 0 Å². The van der Waals surface area contributed by atoms with Gasteiger partial charge in [0.15, 0.2) is 0 Å². The molecule has 3 nitrogen and oxygen atoms in total. The zero-order valence-corrected chi connectivity index (χ0v) is 8.97. The Hall–Kier alpha value is 0.656. The van der Waals surface area contributed by atoms with Crippen LogP contribution in [0.15, 0.2) is 0 Å². The zero-order valence-electron chi connectivity index (χ0n) is 7.04. The Balaban J connectivity index is 0. The summed E-state index contributed by atoms with van der Waals surface area (Å²) >= 11 is 0. The van der Waals surface area contributed by atoms with Gasteiger partial charge in [-0.3, -0.25) is 4.57 Å². The minimum Gasteiger partial charge on any atom is -0.324 e. The molecular weight excluding hydrogens is 210 g/mol. The van der Waals surface area contributed by atoms with Gasteiger partial charge in [0, 0.05) is 22.9 Å². The van der Waals surface area contributed by atoms with Crippen LogP contribution in [-0.2, 0) is 25.9 Å². The van der Waals surface area contributed by atoms with Gasteiger partial charge < -0.3 is 9.42 Å². The standard InChI is InChI=1S/C6H15O3P.Co/c1-4-5-10(7,8)9-6(2)3;/h6H,4-5H2,1-3H3,(H,7,8);. The third-order valence-electron chi connectivity index (χ3n) is 0.882. The molecule has 71 valence electrons. The summed E-state index contributed by atoms with van der Waals surface area (Å²) in [7, 11) is -3.25. The van der Waals surface area contributed by atoms with E-state index in [1.807, 2.05) is 6.92 Å². The van der Waals surface area contributed by atoms with Crippen molar-refractivity contribution in [2.75, 3.05) is 6.16 Å².